The molecule has 1 fully saturated rings. The summed E-state index contributed by atoms with van der Waals surface area (Å²) in [6.07, 6.45) is 1.04. The summed E-state index contributed by atoms with van der Waals surface area (Å²) in [5.41, 5.74) is 0. The summed E-state index contributed by atoms with van der Waals surface area (Å²) in [6, 6.07) is -0.0229. The largest absolute Gasteiger partial charge is 0.481 e. The van der Waals surface area contributed by atoms with E-state index < -0.39 is 5.97 Å². The third kappa shape index (κ3) is 3.35. The van der Waals surface area contributed by atoms with E-state index in [1.807, 2.05) is 6.92 Å². The molecule has 0 aromatic heterocycles. The van der Waals surface area contributed by atoms with Gasteiger partial charge in [-0.05, 0) is 12.8 Å². The van der Waals surface area contributed by atoms with Crippen molar-refractivity contribution in [2.24, 2.45) is 11.8 Å². The van der Waals surface area contributed by atoms with Crippen LogP contribution in [0, 0.1) is 11.8 Å². The summed E-state index contributed by atoms with van der Waals surface area (Å²) in [6.45, 7) is 8.31. The van der Waals surface area contributed by atoms with Crippen LogP contribution in [0.3, 0.4) is 0 Å². The predicted octanol–water partition coefficient (Wildman–Crippen LogP) is 1.49. The van der Waals surface area contributed by atoms with E-state index in [1.54, 1.807) is 9.80 Å². The van der Waals surface area contributed by atoms with Gasteiger partial charge < -0.3 is 14.9 Å². The molecule has 1 aliphatic rings. The number of likely N-dealkylation sites (tertiary alicyclic amines) is 1. The summed E-state index contributed by atoms with van der Waals surface area (Å²) in [7, 11) is 0. The summed E-state index contributed by atoms with van der Waals surface area (Å²) in [4.78, 5) is 26.1. The van der Waals surface area contributed by atoms with Gasteiger partial charge in [0.25, 0.3) is 0 Å². The lowest BCUT2D eigenvalue weighted by molar-refractivity contribution is -0.146. The summed E-state index contributed by atoms with van der Waals surface area (Å²) >= 11 is 0. The molecule has 1 N–H and O–H groups in total. The summed E-state index contributed by atoms with van der Waals surface area (Å²) in [5.74, 6) is -0.698. The molecule has 1 aliphatic heterocycles. The Kier molecular flexibility index (Phi) is 4.78. The van der Waals surface area contributed by atoms with Crippen LogP contribution in [0.25, 0.3) is 0 Å². The van der Waals surface area contributed by atoms with Crippen LogP contribution in [0.2, 0.25) is 0 Å². The lowest BCUT2D eigenvalue weighted by atomic mass is 10.0. The number of aliphatic carboxylic acids is 1. The van der Waals surface area contributed by atoms with Crippen LogP contribution >= 0.6 is 0 Å². The lowest BCUT2D eigenvalue weighted by Crippen LogP contribution is -2.57. The fourth-order valence-corrected chi connectivity index (χ4v) is 1.84. The summed E-state index contributed by atoms with van der Waals surface area (Å²) in [5, 5.41) is 8.76. The third-order valence-electron chi connectivity index (χ3n) is 3.38. The fraction of sp³-hybridized carbons (Fsp3) is 0.833. The molecular formula is C12H22N2O3. The number of carbonyl (C=O) groups is 2. The molecule has 5 nitrogen and oxygen atoms in total. The van der Waals surface area contributed by atoms with Crippen LogP contribution < -0.4 is 0 Å². The molecule has 0 aliphatic carbocycles. The van der Waals surface area contributed by atoms with Gasteiger partial charge >= 0.3 is 12.0 Å². The highest BCUT2D eigenvalue weighted by atomic mass is 16.4. The second-order valence-electron chi connectivity index (χ2n) is 4.77. The highest BCUT2D eigenvalue weighted by Gasteiger charge is 2.37. The van der Waals surface area contributed by atoms with E-state index in [-0.39, 0.29) is 11.9 Å². The summed E-state index contributed by atoms with van der Waals surface area (Å²) < 4.78 is 0. The van der Waals surface area contributed by atoms with Crippen molar-refractivity contribution in [3.05, 3.63) is 0 Å². The third-order valence-corrected chi connectivity index (χ3v) is 3.38. The average molecular weight is 242 g/mol. The Morgan fingerprint density at radius 3 is 2.41 bits per heavy atom. The van der Waals surface area contributed by atoms with Gasteiger partial charge in [-0.25, -0.2) is 4.79 Å². The molecule has 0 bridgehead atoms. The van der Waals surface area contributed by atoms with Crippen LogP contribution in [0.5, 0.6) is 0 Å². The van der Waals surface area contributed by atoms with Crippen molar-refractivity contribution >= 4 is 12.0 Å². The Morgan fingerprint density at radius 2 is 2.00 bits per heavy atom. The van der Waals surface area contributed by atoms with E-state index in [0.29, 0.717) is 25.6 Å². The van der Waals surface area contributed by atoms with E-state index in [2.05, 4.69) is 13.8 Å². The molecule has 0 radical (unpaired) electrons. The maximum absolute atomic E-state index is 12.0. The first-order valence-electron chi connectivity index (χ1n) is 6.26. The number of nitrogens with zero attached hydrogens (tertiary/aromatic N) is 2. The van der Waals surface area contributed by atoms with Gasteiger partial charge in [-0.3, -0.25) is 4.79 Å². The molecular weight excluding hydrogens is 220 g/mol. The van der Waals surface area contributed by atoms with Crippen molar-refractivity contribution < 1.29 is 14.7 Å². The number of hydrogen-bond acceptors (Lipinski definition) is 2. The van der Waals surface area contributed by atoms with Crippen molar-refractivity contribution in [1.29, 1.82) is 0 Å². The minimum atomic E-state index is -0.806. The molecule has 98 valence electrons. The number of rotatable bonds is 5. The average Bonchev–Trinajstić information content (AvgIpc) is 2.22. The van der Waals surface area contributed by atoms with Crippen LogP contribution in [0.1, 0.15) is 27.2 Å². The molecule has 0 aromatic carbocycles. The zero-order chi connectivity index (χ0) is 13.0. The van der Waals surface area contributed by atoms with Gasteiger partial charge in [-0.1, -0.05) is 20.3 Å². The number of amides is 2. The maximum Gasteiger partial charge on any atom is 0.320 e. The Labute approximate surface area is 102 Å². The Morgan fingerprint density at radius 1 is 1.41 bits per heavy atom. The Balaban J connectivity index is 2.43. The van der Waals surface area contributed by atoms with Crippen LogP contribution in [0.4, 0.5) is 4.79 Å². The lowest BCUT2D eigenvalue weighted by Gasteiger charge is -2.40. The number of carboxylic acid groups (broad SMARTS) is 1. The van der Waals surface area contributed by atoms with E-state index in [9.17, 15) is 9.59 Å². The first kappa shape index (κ1) is 13.8. The van der Waals surface area contributed by atoms with Crippen LogP contribution in [-0.4, -0.2) is 53.1 Å². The van der Waals surface area contributed by atoms with Crippen LogP contribution in [0.15, 0.2) is 0 Å². The minimum Gasteiger partial charge on any atom is -0.481 e. The molecule has 5 heteroatoms. The molecule has 1 saturated heterocycles. The van der Waals surface area contributed by atoms with Gasteiger partial charge in [-0.15, -0.1) is 0 Å². The first-order valence-corrected chi connectivity index (χ1v) is 6.26. The molecule has 0 saturated carbocycles. The monoisotopic (exact) mass is 242 g/mol. The maximum atomic E-state index is 12.0. The number of urea groups is 1. The van der Waals surface area contributed by atoms with E-state index in [4.69, 9.17) is 5.11 Å². The topological polar surface area (TPSA) is 60.9 Å². The first-order chi connectivity index (χ1) is 7.99. The molecule has 17 heavy (non-hydrogen) atoms. The molecule has 2 amide bonds. The number of carboxylic acids is 1. The smallest absolute Gasteiger partial charge is 0.320 e. The highest BCUT2D eigenvalue weighted by molar-refractivity contribution is 5.79. The number of hydrogen-bond donors (Lipinski definition) is 1. The van der Waals surface area contributed by atoms with E-state index >= 15 is 0 Å². The zero-order valence-electron chi connectivity index (χ0n) is 10.8. The molecule has 0 spiro atoms. The molecule has 1 unspecified atom stereocenters. The van der Waals surface area contributed by atoms with Crippen molar-refractivity contribution in [3.8, 4) is 0 Å². The fourth-order valence-electron chi connectivity index (χ4n) is 1.84. The molecule has 0 aromatic rings. The van der Waals surface area contributed by atoms with Gasteiger partial charge in [-0.2, -0.15) is 0 Å². The van der Waals surface area contributed by atoms with Crippen molar-refractivity contribution in [1.82, 2.24) is 9.80 Å². The molecule has 1 atom stereocenters. The van der Waals surface area contributed by atoms with E-state index in [0.717, 1.165) is 13.0 Å². The van der Waals surface area contributed by atoms with Gasteiger partial charge in [0.1, 0.15) is 0 Å². The minimum absolute atomic E-state index is 0.0229. The second kappa shape index (κ2) is 5.89. The van der Waals surface area contributed by atoms with Crippen LogP contribution in [-0.2, 0) is 4.79 Å². The normalized spacial score (nSPS) is 17.5. The Bertz CT molecular complexity index is 287. The SMILES string of the molecule is CCC(C)CN(CC)C(=O)N1CC(C(=O)O)C1. The van der Waals surface area contributed by atoms with Gasteiger partial charge in [0.2, 0.25) is 0 Å². The quantitative estimate of drug-likeness (QED) is 0.794. The Hall–Kier alpha value is -1.26. The van der Waals surface area contributed by atoms with Gasteiger partial charge in [0.15, 0.2) is 0 Å². The van der Waals surface area contributed by atoms with Gasteiger partial charge in [0, 0.05) is 26.2 Å². The predicted molar refractivity (Wildman–Crippen MR) is 64.8 cm³/mol. The molecule has 1 rings (SSSR count). The van der Waals surface area contributed by atoms with Crippen molar-refractivity contribution in [2.45, 2.75) is 27.2 Å². The zero-order valence-corrected chi connectivity index (χ0v) is 10.8. The second-order valence-corrected chi connectivity index (χ2v) is 4.77. The van der Waals surface area contributed by atoms with Crippen molar-refractivity contribution in [3.63, 3.8) is 0 Å². The van der Waals surface area contributed by atoms with E-state index in [1.165, 1.54) is 0 Å². The number of carbonyl (C=O) groups excluding carboxylic acids is 1. The highest BCUT2D eigenvalue weighted by Crippen LogP contribution is 2.18. The molecule has 1 heterocycles. The van der Waals surface area contributed by atoms with Gasteiger partial charge in [0.05, 0.1) is 5.92 Å². The van der Waals surface area contributed by atoms with Crippen molar-refractivity contribution in [2.75, 3.05) is 26.2 Å². The standard InChI is InChI=1S/C12H22N2O3/c1-4-9(3)6-13(5-2)12(17)14-7-10(8-14)11(15)16/h9-10H,4-8H2,1-3H3,(H,15,16).